The van der Waals surface area contributed by atoms with Crippen molar-refractivity contribution < 1.29 is 18.7 Å². The van der Waals surface area contributed by atoms with Crippen molar-refractivity contribution in [1.29, 1.82) is 0 Å². The second kappa shape index (κ2) is 4.38. The first-order valence-electron chi connectivity index (χ1n) is 4.18. The molecule has 0 aromatic carbocycles. The zero-order valence-corrected chi connectivity index (χ0v) is 8.32. The Morgan fingerprint density at radius 1 is 1.75 bits per heavy atom. The van der Waals surface area contributed by atoms with Crippen molar-refractivity contribution in [1.82, 2.24) is 0 Å². The summed E-state index contributed by atoms with van der Waals surface area (Å²) in [6.45, 7) is 3.92. The molecule has 0 bridgehead atoms. The van der Waals surface area contributed by atoms with Crippen LogP contribution in [0.25, 0.3) is 0 Å². The summed E-state index contributed by atoms with van der Waals surface area (Å²) < 4.78 is 20.8. The molecule has 0 amide bonds. The van der Waals surface area contributed by atoms with E-state index in [1.165, 1.54) is 0 Å². The van der Waals surface area contributed by atoms with Gasteiger partial charge >= 0.3 is 8.25 Å². The van der Waals surface area contributed by atoms with Gasteiger partial charge in [0.1, 0.15) is 0 Å². The molecule has 12 heavy (non-hydrogen) atoms. The summed E-state index contributed by atoms with van der Waals surface area (Å²) in [5.41, 5.74) is 0. The Morgan fingerprint density at radius 2 is 2.42 bits per heavy atom. The second-order valence-corrected chi connectivity index (χ2v) is 3.82. The summed E-state index contributed by atoms with van der Waals surface area (Å²) >= 11 is 0. The van der Waals surface area contributed by atoms with Gasteiger partial charge in [0.2, 0.25) is 0 Å². The highest BCUT2D eigenvalue weighted by Crippen LogP contribution is 2.31. The molecule has 0 aliphatic carbocycles. The Bertz CT molecular complexity index is 173. The summed E-state index contributed by atoms with van der Waals surface area (Å²) in [4.78, 5) is 8.58. The van der Waals surface area contributed by atoms with Crippen LogP contribution < -0.4 is 0 Å². The van der Waals surface area contributed by atoms with Crippen LogP contribution in [0.15, 0.2) is 0 Å². The minimum absolute atomic E-state index is 0.0129. The fraction of sp³-hybridized carbons (Fsp3) is 1.00. The Morgan fingerprint density at radius 3 is 2.92 bits per heavy atom. The highest BCUT2D eigenvalue weighted by Gasteiger charge is 2.33. The molecule has 1 saturated heterocycles. The molecular weight excluding hydrogens is 179 g/mol. The van der Waals surface area contributed by atoms with E-state index in [0.717, 1.165) is 12.8 Å². The van der Waals surface area contributed by atoms with E-state index in [-0.39, 0.29) is 18.3 Å². The molecule has 0 aromatic rings. The quantitative estimate of drug-likeness (QED) is 0.689. The molecule has 0 saturated carbocycles. The topological polar surface area (TPSA) is 55.8 Å². The smallest absolute Gasteiger partial charge is 0.316 e. The number of ether oxygens (including phenoxy) is 1. The highest BCUT2D eigenvalue weighted by atomic mass is 31.1. The van der Waals surface area contributed by atoms with Gasteiger partial charge in [-0.1, -0.05) is 6.92 Å². The summed E-state index contributed by atoms with van der Waals surface area (Å²) in [5, 5.41) is 0. The monoisotopic (exact) mass is 194 g/mol. The maximum absolute atomic E-state index is 10.4. The van der Waals surface area contributed by atoms with E-state index in [1.807, 2.05) is 13.8 Å². The first-order chi connectivity index (χ1) is 5.63. The number of rotatable bonds is 3. The van der Waals surface area contributed by atoms with Crippen LogP contribution in [0.5, 0.6) is 0 Å². The van der Waals surface area contributed by atoms with E-state index in [0.29, 0.717) is 0 Å². The van der Waals surface area contributed by atoms with Gasteiger partial charge < -0.3 is 14.2 Å². The van der Waals surface area contributed by atoms with E-state index >= 15 is 0 Å². The molecule has 1 aliphatic heterocycles. The molecule has 1 aliphatic rings. The third kappa shape index (κ3) is 2.56. The van der Waals surface area contributed by atoms with Gasteiger partial charge in [0.15, 0.2) is 0 Å². The lowest BCUT2D eigenvalue weighted by atomic mass is 10.1. The molecule has 0 aromatic heterocycles. The van der Waals surface area contributed by atoms with Gasteiger partial charge in [0, 0.05) is 6.42 Å². The first kappa shape index (κ1) is 10.2. The summed E-state index contributed by atoms with van der Waals surface area (Å²) in [5.74, 6) is 0. The van der Waals surface area contributed by atoms with Crippen LogP contribution in [0.2, 0.25) is 0 Å². The zero-order valence-electron chi connectivity index (χ0n) is 7.32. The van der Waals surface area contributed by atoms with Crippen molar-refractivity contribution in [3.63, 3.8) is 0 Å². The molecule has 4 nitrogen and oxygen atoms in total. The van der Waals surface area contributed by atoms with Crippen LogP contribution in [-0.4, -0.2) is 23.2 Å². The van der Waals surface area contributed by atoms with Crippen LogP contribution >= 0.6 is 8.25 Å². The van der Waals surface area contributed by atoms with Crippen molar-refractivity contribution in [2.45, 2.75) is 45.0 Å². The van der Waals surface area contributed by atoms with Gasteiger partial charge in [0.05, 0.1) is 18.3 Å². The van der Waals surface area contributed by atoms with Gasteiger partial charge in [-0.05, 0) is 13.3 Å². The van der Waals surface area contributed by atoms with Crippen LogP contribution in [0, 0.1) is 0 Å². The van der Waals surface area contributed by atoms with Crippen LogP contribution in [0.4, 0.5) is 0 Å². The van der Waals surface area contributed by atoms with Gasteiger partial charge in [-0.2, -0.15) is 0 Å². The normalized spacial score (nSPS) is 38.4. The van der Waals surface area contributed by atoms with Gasteiger partial charge in [-0.15, -0.1) is 0 Å². The average Bonchev–Trinajstić information content (AvgIpc) is 2.29. The largest absolute Gasteiger partial charge is 0.372 e. The molecule has 72 valence electrons. The van der Waals surface area contributed by atoms with Crippen molar-refractivity contribution in [2.24, 2.45) is 0 Å². The summed E-state index contributed by atoms with van der Waals surface area (Å²) in [6.07, 6.45) is 1.48. The van der Waals surface area contributed by atoms with E-state index in [9.17, 15) is 4.57 Å². The molecule has 5 heteroatoms. The number of hydrogen-bond acceptors (Lipinski definition) is 3. The van der Waals surface area contributed by atoms with Crippen LogP contribution in [0.1, 0.15) is 26.7 Å². The minimum atomic E-state index is -2.81. The van der Waals surface area contributed by atoms with Crippen molar-refractivity contribution in [2.75, 3.05) is 0 Å². The highest BCUT2D eigenvalue weighted by molar-refractivity contribution is 7.32. The van der Waals surface area contributed by atoms with Crippen LogP contribution in [0.3, 0.4) is 0 Å². The molecule has 0 radical (unpaired) electrons. The summed E-state index contributed by atoms with van der Waals surface area (Å²) in [6, 6.07) is 0. The SMILES string of the molecule is CC[C@H]1O[C@@H](C)CC1O[PH](=O)O. The number of hydrogen-bond donors (Lipinski definition) is 1. The fourth-order valence-electron chi connectivity index (χ4n) is 1.53. The van der Waals surface area contributed by atoms with Gasteiger partial charge in [0.25, 0.3) is 0 Å². The van der Waals surface area contributed by atoms with E-state index < -0.39 is 8.25 Å². The summed E-state index contributed by atoms with van der Waals surface area (Å²) in [7, 11) is -2.81. The molecule has 2 unspecified atom stereocenters. The third-order valence-electron chi connectivity index (χ3n) is 2.04. The van der Waals surface area contributed by atoms with Gasteiger partial charge in [-0.3, -0.25) is 4.57 Å². The lowest BCUT2D eigenvalue weighted by Crippen LogP contribution is -2.21. The van der Waals surface area contributed by atoms with Gasteiger partial charge in [-0.25, -0.2) is 0 Å². The van der Waals surface area contributed by atoms with E-state index in [4.69, 9.17) is 14.2 Å². The zero-order chi connectivity index (χ0) is 9.14. The maximum atomic E-state index is 10.4. The van der Waals surface area contributed by atoms with Crippen molar-refractivity contribution in [3.05, 3.63) is 0 Å². The average molecular weight is 194 g/mol. The molecule has 0 spiro atoms. The maximum Gasteiger partial charge on any atom is 0.316 e. The van der Waals surface area contributed by atoms with Crippen LogP contribution in [-0.2, 0) is 13.8 Å². The predicted octanol–water partition coefficient (Wildman–Crippen LogP) is 1.34. The lowest BCUT2D eigenvalue weighted by Gasteiger charge is -2.14. The molecule has 1 rings (SSSR count). The van der Waals surface area contributed by atoms with Crippen molar-refractivity contribution in [3.8, 4) is 0 Å². The second-order valence-electron chi connectivity index (χ2n) is 3.05. The Hall–Kier alpha value is 0.110. The standard InChI is InChI=1S/C7H15O4P/c1-3-6-7(11-12(8)9)4-5(2)10-6/h5-7,12H,3-4H2,1-2H3,(H,8,9)/t5-,6+,7?/m0/s1. The predicted molar refractivity (Wildman–Crippen MR) is 45.3 cm³/mol. The lowest BCUT2D eigenvalue weighted by molar-refractivity contribution is 0.0209. The Kier molecular flexibility index (Phi) is 3.72. The Labute approximate surface area is 72.8 Å². The molecule has 1 N–H and O–H groups in total. The minimum Gasteiger partial charge on any atom is -0.372 e. The Balaban J connectivity index is 2.46. The van der Waals surface area contributed by atoms with E-state index in [1.54, 1.807) is 0 Å². The third-order valence-corrected chi connectivity index (χ3v) is 2.54. The molecule has 4 atom stereocenters. The van der Waals surface area contributed by atoms with E-state index in [2.05, 4.69) is 0 Å². The fourth-order valence-corrected chi connectivity index (χ4v) is 2.04. The molecule has 1 heterocycles. The molecule has 1 fully saturated rings. The first-order valence-corrected chi connectivity index (χ1v) is 5.45. The molecular formula is C7H15O4P. The van der Waals surface area contributed by atoms with Crippen molar-refractivity contribution >= 4 is 8.25 Å².